The van der Waals surface area contributed by atoms with Crippen molar-refractivity contribution in [1.29, 1.82) is 0 Å². The molecule has 0 spiro atoms. The summed E-state index contributed by atoms with van der Waals surface area (Å²) in [5.74, 6) is 1.02. The van der Waals surface area contributed by atoms with Gasteiger partial charge in [-0.05, 0) is 31.6 Å². The van der Waals surface area contributed by atoms with Crippen LogP contribution in [0.2, 0.25) is 0 Å². The summed E-state index contributed by atoms with van der Waals surface area (Å²) in [5.41, 5.74) is 1.73. The van der Waals surface area contributed by atoms with Crippen molar-refractivity contribution in [1.82, 2.24) is 0 Å². The molecular formula is C7H10. The molecular weight excluding hydrogens is 84.1 g/mol. The van der Waals surface area contributed by atoms with Crippen LogP contribution in [0.5, 0.6) is 0 Å². The summed E-state index contributed by atoms with van der Waals surface area (Å²) in [6.45, 7) is 0. The molecule has 7 heavy (non-hydrogen) atoms. The van der Waals surface area contributed by atoms with Gasteiger partial charge in [0.15, 0.2) is 0 Å². The van der Waals surface area contributed by atoms with Crippen molar-refractivity contribution in [3.63, 3.8) is 0 Å². The summed E-state index contributed by atoms with van der Waals surface area (Å²) in [5, 5.41) is 0. The molecule has 0 aromatic heterocycles. The normalized spacial score (nSPS) is 36.6. The van der Waals surface area contributed by atoms with Crippen molar-refractivity contribution in [2.75, 3.05) is 0 Å². The van der Waals surface area contributed by atoms with Crippen LogP contribution in [0.15, 0.2) is 11.6 Å². The van der Waals surface area contributed by atoms with E-state index in [-0.39, 0.29) is 0 Å². The first-order valence-electron chi connectivity index (χ1n) is 3.15. The van der Waals surface area contributed by atoms with E-state index in [0.717, 1.165) is 5.92 Å². The zero-order valence-corrected chi connectivity index (χ0v) is 4.48. The zero-order valence-electron chi connectivity index (χ0n) is 4.48. The van der Waals surface area contributed by atoms with Gasteiger partial charge in [-0.15, -0.1) is 0 Å². The molecule has 0 radical (unpaired) electrons. The maximum Gasteiger partial charge on any atom is -0.0193 e. The lowest BCUT2D eigenvalue weighted by Crippen LogP contribution is -2.15. The van der Waals surface area contributed by atoms with E-state index in [1.807, 2.05) is 0 Å². The maximum absolute atomic E-state index is 2.45. The number of allylic oxidation sites excluding steroid dienone is 2. The zero-order chi connectivity index (χ0) is 4.69. The average molecular weight is 94.2 g/mol. The Labute approximate surface area is 44.2 Å². The third kappa shape index (κ3) is 0.425. The van der Waals surface area contributed by atoms with Gasteiger partial charge in [0.25, 0.3) is 0 Å². The Morgan fingerprint density at radius 2 is 2.43 bits per heavy atom. The molecule has 0 unspecified atom stereocenters. The fourth-order valence-electron chi connectivity index (χ4n) is 1.60. The second kappa shape index (κ2) is 1.12. The first-order valence-corrected chi connectivity index (χ1v) is 3.15. The van der Waals surface area contributed by atoms with Crippen molar-refractivity contribution in [2.24, 2.45) is 5.92 Å². The summed E-state index contributed by atoms with van der Waals surface area (Å²) in [6, 6.07) is 0. The molecule has 1 atom stereocenters. The molecule has 1 fully saturated rings. The molecule has 0 aromatic rings. The highest BCUT2D eigenvalue weighted by molar-refractivity contribution is 5.19. The molecule has 0 aliphatic heterocycles. The number of fused-ring (bicyclic) bond motifs is 2. The van der Waals surface area contributed by atoms with Gasteiger partial charge >= 0.3 is 0 Å². The summed E-state index contributed by atoms with van der Waals surface area (Å²) < 4.78 is 0. The van der Waals surface area contributed by atoms with Crippen LogP contribution in [0.4, 0.5) is 0 Å². The quantitative estimate of drug-likeness (QED) is 0.403. The van der Waals surface area contributed by atoms with Crippen LogP contribution in [0.25, 0.3) is 0 Å². The highest BCUT2D eigenvalue weighted by Crippen LogP contribution is 2.38. The Hall–Kier alpha value is -0.260. The Balaban J connectivity index is 2.21. The summed E-state index contributed by atoms with van der Waals surface area (Å²) in [4.78, 5) is 0. The Bertz CT molecular complexity index is 111. The van der Waals surface area contributed by atoms with E-state index >= 15 is 0 Å². The topological polar surface area (TPSA) is 0 Å². The molecule has 3 aliphatic carbocycles. The number of hydrogen-bond donors (Lipinski definition) is 0. The molecule has 0 saturated heterocycles. The highest BCUT2D eigenvalue weighted by atomic mass is 14.3. The van der Waals surface area contributed by atoms with E-state index in [2.05, 4.69) is 6.08 Å². The van der Waals surface area contributed by atoms with Crippen molar-refractivity contribution < 1.29 is 0 Å². The highest BCUT2D eigenvalue weighted by Gasteiger charge is 2.22. The second-order valence-corrected chi connectivity index (χ2v) is 2.68. The Kier molecular flexibility index (Phi) is 0.592. The van der Waals surface area contributed by atoms with Gasteiger partial charge in [0.2, 0.25) is 0 Å². The number of rotatable bonds is 0. The first kappa shape index (κ1) is 3.71. The molecule has 0 N–H and O–H groups in total. The lowest BCUT2D eigenvalue weighted by Gasteiger charge is -2.31. The lowest BCUT2D eigenvalue weighted by molar-refractivity contribution is 0.436. The molecule has 0 amide bonds. The van der Waals surface area contributed by atoms with Crippen LogP contribution < -0.4 is 0 Å². The Morgan fingerprint density at radius 1 is 1.57 bits per heavy atom. The van der Waals surface area contributed by atoms with E-state index in [1.165, 1.54) is 25.7 Å². The molecule has 0 nitrogen and oxygen atoms in total. The van der Waals surface area contributed by atoms with Gasteiger partial charge in [0.1, 0.15) is 0 Å². The first-order chi connectivity index (χ1) is 3.45. The Morgan fingerprint density at radius 3 is 2.57 bits per heavy atom. The largest absolute Gasteiger partial charge is 0.0819 e. The van der Waals surface area contributed by atoms with E-state index in [0.29, 0.717) is 0 Å². The summed E-state index contributed by atoms with van der Waals surface area (Å²) in [6.07, 6.45) is 8.25. The maximum atomic E-state index is 2.45. The van der Waals surface area contributed by atoms with Crippen LogP contribution in [0.3, 0.4) is 0 Å². The van der Waals surface area contributed by atoms with Crippen LogP contribution in [0.1, 0.15) is 25.7 Å². The summed E-state index contributed by atoms with van der Waals surface area (Å²) in [7, 11) is 0. The van der Waals surface area contributed by atoms with Gasteiger partial charge in [0, 0.05) is 0 Å². The van der Waals surface area contributed by atoms with Crippen molar-refractivity contribution >= 4 is 0 Å². The van der Waals surface area contributed by atoms with Gasteiger partial charge in [-0.3, -0.25) is 0 Å². The van der Waals surface area contributed by atoms with E-state index < -0.39 is 0 Å². The third-order valence-electron chi connectivity index (χ3n) is 2.07. The van der Waals surface area contributed by atoms with E-state index in [9.17, 15) is 0 Å². The number of hydrogen-bond acceptors (Lipinski definition) is 0. The van der Waals surface area contributed by atoms with Crippen molar-refractivity contribution in [3.05, 3.63) is 11.6 Å². The van der Waals surface area contributed by atoms with Gasteiger partial charge in [-0.2, -0.15) is 0 Å². The monoisotopic (exact) mass is 94.1 g/mol. The predicted octanol–water partition coefficient (Wildman–Crippen LogP) is 2.12. The van der Waals surface area contributed by atoms with Crippen LogP contribution in [-0.4, -0.2) is 0 Å². The minimum Gasteiger partial charge on any atom is -0.0819 e. The molecule has 3 rings (SSSR count). The van der Waals surface area contributed by atoms with E-state index in [1.54, 1.807) is 5.57 Å². The molecule has 2 bridgehead atoms. The third-order valence-corrected chi connectivity index (χ3v) is 2.07. The van der Waals surface area contributed by atoms with Gasteiger partial charge in [-0.25, -0.2) is 0 Å². The van der Waals surface area contributed by atoms with Crippen molar-refractivity contribution in [2.45, 2.75) is 25.7 Å². The second-order valence-electron chi connectivity index (χ2n) is 2.68. The molecule has 0 aromatic carbocycles. The predicted molar refractivity (Wildman–Crippen MR) is 30.0 cm³/mol. The van der Waals surface area contributed by atoms with Gasteiger partial charge < -0.3 is 0 Å². The van der Waals surface area contributed by atoms with Gasteiger partial charge in [0.05, 0.1) is 0 Å². The lowest BCUT2D eigenvalue weighted by atomic mass is 9.75. The summed E-state index contributed by atoms with van der Waals surface area (Å²) >= 11 is 0. The molecule has 1 saturated carbocycles. The minimum atomic E-state index is 1.02. The smallest absolute Gasteiger partial charge is 0.0193 e. The minimum absolute atomic E-state index is 1.02. The van der Waals surface area contributed by atoms with Crippen LogP contribution >= 0.6 is 0 Å². The van der Waals surface area contributed by atoms with Crippen molar-refractivity contribution in [3.8, 4) is 0 Å². The average Bonchev–Trinajstić information content (AvgIpc) is 1.67. The van der Waals surface area contributed by atoms with Crippen LogP contribution in [0, 0.1) is 5.92 Å². The van der Waals surface area contributed by atoms with Gasteiger partial charge in [-0.1, -0.05) is 11.6 Å². The van der Waals surface area contributed by atoms with Crippen LogP contribution in [-0.2, 0) is 0 Å². The molecule has 38 valence electrons. The molecule has 0 heteroatoms. The fourth-order valence-corrected chi connectivity index (χ4v) is 1.60. The standard InChI is InChI=1S/C7H10/c1-2-6-4-7(3-1)5-6/h4,6H,1-3,5H2/t6-/m0/s1. The SMILES string of the molecule is C1=C2CCC[C@@H]1C2. The molecule has 0 heterocycles. The molecule has 3 aliphatic rings. The fraction of sp³-hybridized carbons (Fsp3) is 0.714. The van der Waals surface area contributed by atoms with E-state index in [4.69, 9.17) is 0 Å².